The van der Waals surface area contributed by atoms with Crippen LogP contribution in [-0.2, 0) is 15.3 Å². The topological polar surface area (TPSA) is 85.2 Å². The van der Waals surface area contributed by atoms with E-state index in [0.717, 1.165) is 0 Å². The summed E-state index contributed by atoms with van der Waals surface area (Å²) in [6.45, 7) is 2.10. The molecule has 0 saturated heterocycles. The zero-order valence-electron chi connectivity index (χ0n) is 13.4. The number of hydrogen-bond acceptors (Lipinski definition) is 5. The van der Waals surface area contributed by atoms with E-state index in [1.807, 2.05) is 0 Å². The van der Waals surface area contributed by atoms with Crippen LogP contribution in [0.15, 0.2) is 48.5 Å². The van der Waals surface area contributed by atoms with E-state index < -0.39 is 7.60 Å². The molecule has 6 nitrogen and oxygen atoms in total. The molecular weight excluding hydrogens is 331 g/mol. The third-order valence-electron chi connectivity index (χ3n) is 3.06. The van der Waals surface area contributed by atoms with Crippen LogP contribution in [0.3, 0.4) is 0 Å². The molecule has 0 amide bonds. The normalized spacial score (nSPS) is 13.3. The Morgan fingerprint density at radius 3 is 2.04 bits per heavy atom. The van der Waals surface area contributed by atoms with Gasteiger partial charge in [-0.1, -0.05) is 12.1 Å². The van der Waals surface area contributed by atoms with Crippen LogP contribution >= 0.6 is 7.60 Å². The molecule has 0 bridgehead atoms. The predicted molar refractivity (Wildman–Crippen MR) is 90.7 cm³/mol. The lowest BCUT2D eigenvalue weighted by atomic mass is 10.2. The molecule has 130 valence electrons. The minimum Gasteiger partial charge on any atom is -0.491 e. The van der Waals surface area contributed by atoms with Gasteiger partial charge in [-0.3, -0.25) is 4.57 Å². The van der Waals surface area contributed by atoms with Gasteiger partial charge in [0, 0.05) is 0 Å². The van der Waals surface area contributed by atoms with Crippen molar-refractivity contribution < 1.29 is 28.6 Å². The molecule has 0 aliphatic heterocycles. The minimum absolute atomic E-state index is 0.0297. The number of ether oxygens (including phenoxy) is 2. The number of rotatable bonds is 9. The van der Waals surface area contributed by atoms with Crippen LogP contribution in [0, 0.1) is 0 Å². The van der Waals surface area contributed by atoms with Crippen LogP contribution in [0.25, 0.3) is 0 Å². The van der Waals surface area contributed by atoms with Gasteiger partial charge in [-0.15, -0.1) is 0 Å². The van der Waals surface area contributed by atoms with Gasteiger partial charge in [0.1, 0.15) is 23.9 Å². The van der Waals surface area contributed by atoms with Gasteiger partial charge in [0.25, 0.3) is 0 Å². The van der Waals surface area contributed by atoms with Crippen molar-refractivity contribution in [3.8, 4) is 17.2 Å². The first-order valence-electron chi connectivity index (χ1n) is 7.59. The largest absolute Gasteiger partial charge is 0.491 e. The fourth-order valence-corrected chi connectivity index (χ4v) is 3.21. The maximum absolute atomic E-state index is 11.7. The molecular formula is C17H21O6P. The summed E-state index contributed by atoms with van der Waals surface area (Å²) in [6.07, 6.45) is -0.0297. The third-order valence-corrected chi connectivity index (χ3v) is 4.48. The van der Waals surface area contributed by atoms with E-state index >= 15 is 0 Å². The van der Waals surface area contributed by atoms with E-state index in [1.165, 1.54) is 0 Å². The second-order valence-corrected chi connectivity index (χ2v) is 6.85. The molecule has 2 aromatic rings. The molecule has 0 fully saturated rings. The molecule has 2 rings (SSSR count). The Morgan fingerprint density at radius 2 is 1.50 bits per heavy atom. The van der Waals surface area contributed by atoms with E-state index in [2.05, 4.69) is 0 Å². The summed E-state index contributed by atoms with van der Waals surface area (Å²) in [5, 5.41) is 8.71. The SMILES string of the molecule is CCOP(=O)(O)Cc1ccc(Oc2ccc(OCCO)cc2)cc1. The van der Waals surface area contributed by atoms with Crippen LogP contribution in [0.1, 0.15) is 12.5 Å². The van der Waals surface area contributed by atoms with Crippen molar-refractivity contribution in [2.45, 2.75) is 13.1 Å². The second kappa shape index (κ2) is 8.85. The van der Waals surface area contributed by atoms with Crippen molar-refractivity contribution in [3.63, 3.8) is 0 Å². The van der Waals surface area contributed by atoms with Crippen molar-refractivity contribution in [2.75, 3.05) is 19.8 Å². The third kappa shape index (κ3) is 5.98. The Labute approximate surface area is 141 Å². The first kappa shape index (κ1) is 18.5. The summed E-state index contributed by atoms with van der Waals surface area (Å²) in [5.74, 6) is 1.91. The first-order valence-corrected chi connectivity index (χ1v) is 9.35. The van der Waals surface area contributed by atoms with E-state index in [-0.39, 0.29) is 26.0 Å². The molecule has 0 saturated carbocycles. The van der Waals surface area contributed by atoms with Crippen molar-refractivity contribution in [3.05, 3.63) is 54.1 Å². The lowest BCUT2D eigenvalue weighted by molar-refractivity contribution is 0.201. The second-order valence-electron chi connectivity index (χ2n) is 5.00. The van der Waals surface area contributed by atoms with Gasteiger partial charge in [-0.05, 0) is 48.9 Å². The van der Waals surface area contributed by atoms with E-state index in [9.17, 15) is 9.46 Å². The average molecular weight is 352 g/mol. The van der Waals surface area contributed by atoms with Gasteiger partial charge in [0.05, 0.1) is 19.4 Å². The quantitative estimate of drug-likeness (QED) is 0.671. The van der Waals surface area contributed by atoms with Crippen LogP contribution < -0.4 is 9.47 Å². The lowest BCUT2D eigenvalue weighted by Crippen LogP contribution is -2.01. The molecule has 0 spiro atoms. The zero-order valence-corrected chi connectivity index (χ0v) is 14.3. The minimum atomic E-state index is -3.58. The molecule has 0 aromatic heterocycles. The Bertz CT molecular complexity index is 668. The smallest absolute Gasteiger partial charge is 0.332 e. The molecule has 0 aliphatic carbocycles. The maximum Gasteiger partial charge on any atom is 0.332 e. The van der Waals surface area contributed by atoms with Crippen LogP contribution in [0.5, 0.6) is 17.2 Å². The fraction of sp³-hybridized carbons (Fsp3) is 0.294. The first-order chi connectivity index (χ1) is 11.5. The number of aliphatic hydroxyl groups is 1. The predicted octanol–water partition coefficient (Wildman–Crippen LogP) is 3.57. The molecule has 0 heterocycles. The lowest BCUT2D eigenvalue weighted by Gasteiger charge is -2.11. The Hall–Kier alpha value is -1.85. The van der Waals surface area contributed by atoms with Crippen LogP contribution in [0.2, 0.25) is 0 Å². The zero-order chi connectivity index (χ0) is 17.4. The van der Waals surface area contributed by atoms with Gasteiger partial charge >= 0.3 is 7.60 Å². The summed E-state index contributed by atoms with van der Waals surface area (Å²) < 4.78 is 27.6. The molecule has 7 heteroatoms. The molecule has 2 aromatic carbocycles. The Morgan fingerprint density at radius 1 is 0.958 bits per heavy atom. The van der Waals surface area contributed by atoms with Crippen LogP contribution in [-0.4, -0.2) is 29.8 Å². The molecule has 1 atom stereocenters. The molecule has 24 heavy (non-hydrogen) atoms. The summed E-state index contributed by atoms with van der Waals surface area (Å²) in [6, 6.07) is 14.0. The molecule has 1 unspecified atom stereocenters. The average Bonchev–Trinajstić information content (AvgIpc) is 2.56. The summed E-state index contributed by atoms with van der Waals surface area (Å²) in [7, 11) is -3.58. The number of benzene rings is 2. The van der Waals surface area contributed by atoms with E-state index in [0.29, 0.717) is 22.8 Å². The summed E-state index contributed by atoms with van der Waals surface area (Å²) in [4.78, 5) is 9.63. The maximum atomic E-state index is 11.7. The summed E-state index contributed by atoms with van der Waals surface area (Å²) in [5.41, 5.74) is 0.703. The van der Waals surface area contributed by atoms with E-state index in [1.54, 1.807) is 55.5 Å². The van der Waals surface area contributed by atoms with Gasteiger partial charge in [-0.25, -0.2) is 0 Å². The molecule has 0 aliphatic rings. The highest BCUT2D eigenvalue weighted by Gasteiger charge is 2.18. The Balaban J connectivity index is 1.95. The van der Waals surface area contributed by atoms with Crippen molar-refractivity contribution in [2.24, 2.45) is 0 Å². The van der Waals surface area contributed by atoms with E-state index in [4.69, 9.17) is 19.1 Å². The van der Waals surface area contributed by atoms with Crippen molar-refractivity contribution >= 4 is 7.60 Å². The highest BCUT2D eigenvalue weighted by atomic mass is 31.2. The van der Waals surface area contributed by atoms with Crippen molar-refractivity contribution in [1.82, 2.24) is 0 Å². The standard InChI is InChI=1S/C17H21O6P/c1-2-22-24(19,20)13-14-3-5-16(6-4-14)23-17-9-7-15(8-10-17)21-12-11-18/h3-10,18H,2,11-13H2,1H3,(H,19,20). The monoisotopic (exact) mass is 352 g/mol. The number of aliphatic hydroxyl groups excluding tert-OH is 1. The fourth-order valence-electron chi connectivity index (χ4n) is 2.04. The molecule has 0 radical (unpaired) electrons. The van der Waals surface area contributed by atoms with Gasteiger partial charge < -0.3 is 24.0 Å². The Kier molecular flexibility index (Phi) is 6.82. The number of hydrogen-bond donors (Lipinski definition) is 2. The highest BCUT2D eigenvalue weighted by Crippen LogP contribution is 2.45. The van der Waals surface area contributed by atoms with Crippen LogP contribution in [0.4, 0.5) is 0 Å². The molecule has 2 N–H and O–H groups in total. The summed E-state index contributed by atoms with van der Waals surface area (Å²) >= 11 is 0. The van der Waals surface area contributed by atoms with Gasteiger partial charge in [-0.2, -0.15) is 0 Å². The van der Waals surface area contributed by atoms with Crippen molar-refractivity contribution in [1.29, 1.82) is 0 Å². The highest BCUT2D eigenvalue weighted by molar-refractivity contribution is 7.51. The van der Waals surface area contributed by atoms with Gasteiger partial charge in [0.2, 0.25) is 0 Å². The van der Waals surface area contributed by atoms with Gasteiger partial charge in [0.15, 0.2) is 0 Å².